The van der Waals surface area contributed by atoms with Gasteiger partial charge in [0.05, 0.1) is 0 Å². The lowest BCUT2D eigenvalue weighted by molar-refractivity contribution is 0.694. The maximum atomic E-state index is 3.57. The van der Waals surface area contributed by atoms with Crippen molar-refractivity contribution in [2.45, 2.75) is 45.6 Å². The second-order valence-corrected chi connectivity index (χ2v) is 4.72. The van der Waals surface area contributed by atoms with Crippen LogP contribution in [0.4, 0.5) is 5.69 Å². The van der Waals surface area contributed by atoms with Gasteiger partial charge in [-0.2, -0.15) is 0 Å². The molecule has 1 aliphatic carbocycles. The summed E-state index contributed by atoms with van der Waals surface area (Å²) in [5, 5.41) is 3.57. The van der Waals surface area contributed by atoms with Crippen LogP contribution < -0.4 is 5.32 Å². The molecular formula is C14H21N. The number of rotatable bonds is 5. The minimum absolute atomic E-state index is 0.641. The third-order valence-corrected chi connectivity index (χ3v) is 3.22. The number of hydrogen-bond donors (Lipinski definition) is 1. The molecule has 1 heteroatoms. The van der Waals surface area contributed by atoms with Gasteiger partial charge in [-0.1, -0.05) is 25.5 Å². The molecule has 1 unspecified atom stereocenters. The van der Waals surface area contributed by atoms with Crippen LogP contribution in [-0.2, 0) is 6.42 Å². The SMILES string of the molecule is CCCc1ccc(NC(C)C2CC2)cc1. The van der Waals surface area contributed by atoms with Crippen LogP contribution >= 0.6 is 0 Å². The van der Waals surface area contributed by atoms with E-state index in [-0.39, 0.29) is 0 Å². The Bertz CT molecular complexity index is 298. The van der Waals surface area contributed by atoms with Crippen LogP contribution in [0.2, 0.25) is 0 Å². The lowest BCUT2D eigenvalue weighted by Crippen LogP contribution is -2.16. The first kappa shape index (κ1) is 10.5. The summed E-state index contributed by atoms with van der Waals surface area (Å²) in [6.45, 7) is 4.51. The van der Waals surface area contributed by atoms with Gasteiger partial charge in [0.15, 0.2) is 0 Å². The molecule has 1 atom stereocenters. The molecule has 15 heavy (non-hydrogen) atoms. The van der Waals surface area contributed by atoms with Gasteiger partial charge < -0.3 is 5.32 Å². The zero-order chi connectivity index (χ0) is 10.7. The highest BCUT2D eigenvalue weighted by molar-refractivity contribution is 5.45. The highest BCUT2D eigenvalue weighted by Crippen LogP contribution is 2.33. The first-order valence-electron chi connectivity index (χ1n) is 6.15. The van der Waals surface area contributed by atoms with Crippen LogP contribution in [0.5, 0.6) is 0 Å². The van der Waals surface area contributed by atoms with Gasteiger partial charge in [-0.05, 0) is 49.8 Å². The Morgan fingerprint density at radius 1 is 1.27 bits per heavy atom. The van der Waals surface area contributed by atoms with E-state index in [4.69, 9.17) is 0 Å². The number of anilines is 1. The summed E-state index contributed by atoms with van der Waals surface area (Å²) in [4.78, 5) is 0. The molecule has 0 bridgehead atoms. The molecule has 1 N–H and O–H groups in total. The Morgan fingerprint density at radius 2 is 1.93 bits per heavy atom. The Balaban J connectivity index is 1.91. The van der Waals surface area contributed by atoms with Gasteiger partial charge in [0.2, 0.25) is 0 Å². The molecule has 2 rings (SSSR count). The average Bonchev–Trinajstić information content (AvgIpc) is 3.04. The van der Waals surface area contributed by atoms with E-state index in [9.17, 15) is 0 Å². The van der Waals surface area contributed by atoms with Crippen molar-refractivity contribution in [3.8, 4) is 0 Å². The molecule has 1 aromatic rings. The Hall–Kier alpha value is -0.980. The van der Waals surface area contributed by atoms with E-state index in [0.29, 0.717) is 6.04 Å². The monoisotopic (exact) mass is 203 g/mol. The summed E-state index contributed by atoms with van der Waals surface area (Å²) in [6, 6.07) is 9.55. The normalized spacial score (nSPS) is 17.5. The van der Waals surface area contributed by atoms with Gasteiger partial charge in [0, 0.05) is 11.7 Å². The van der Waals surface area contributed by atoms with E-state index in [1.165, 1.54) is 36.9 Å². The van der Waals surface area contributed by atoms with E-state index in [0.717, 1.165) is 5.92 Å². The van der Waals surface area contributed by atoms with Crippen LogP contribution in [0.25, 0.3) is 0 Å². The van der Waals surface area contributed by atoms with Gasteiger partial charge >= 0.3 is 0 Å². The summed E-state index contributed by atoms with van der Waals surface area (Å²) in [7, 11) is 0. The summed E-state index contributed by atoms with van der Waals surface area (Å²) in [5.41, 5.74) is 2.72. The first-order chi connectivity index (χ1) is 7.29. The van der Waals surface area contributed by atoms with Crippen molar-refractivity contribution in [3.63, 3.8) is 0 Å². The summed E-state index contributed by atoms with van der Waals surface area (Å²) < 4.78 is 0. The van der Waals surface area contributed by atoms with Crippen molar-refractivity contribution in [2.75, 3.05) is 5.32 Å². The minimum Gasteiger partial charge on any atom is -0.382 e. The smallest absolute Gasteiger partial charge is 0.0342 e. The third kappa shape index (κ3) is 2.98. The van der Waals surface area contributed by atoms with Crippen LogP contribution in [-0.4, -0.2) is 6.04 Å². The fraction of sp³-hybridized carbons (Fsp3) is 0.571. The Labute approximate surface area is 92.9 Å². The molecular weight excluding hydrogens is 182 g/mol. The summed E-state index contributed by atoms with van der Waals surface area (Å²) in [6.07, 6.45) is 5.23. The topological polar surface area (TPSA) is 12.0 Å². The van der Waals surface area contributed by atoms with Crippen molar-refractivity contribution in [3.05, 3.63) is 29.8 Å². The lowest BCUT2D eigenvalue weighted by Gasteiger charge is -2.14. The molecule has 0 aliphatic heterocycles. The minimum atomic E-state index is 0.641. The molecule has 1 fully saturated rings. The fourth-order valence-corrected chi connectivity index (χ4v) is 2.03. The average molecular weight is 203 g/mol. The van der Waals surface area contributed by atoms with Gasteiger partial charge in [-0.15, -0.1) is 0 Å². The quantitative estimate of drug-likeness (QED) is 0.766. The zero-order valence-corrected chi connectivity index (χ0v) is 9.79. The highest BCUT2D eigenvalue weighted by Gasteiger charge is 2.27. The predicted octanol–water partition coefficient (Wildman–Crippen LogP) is 3.85. The van der Waals surface area contributed by atoms with Crippen molar-refractivity contribution in [2.24, 2.45) is 5.92 Å². The largest absolute Gasteiger partial charge is 0.382 e. The standard InChI is InChI=1S/C14H21N/c1-3-4-12-5-9-14(10-6-12)15-11(2)13-7-8-13/h5-6,9-11,13,15H,3-4,7-8H2,1-2H3. The third-order valence-electron chi connectivity index (χ3n) is 3.22. The van der Waals surface area contributed by atoms with E-state index < -0.39 is 0 Å². The Kier molecular flexibility index (Phi) is 3.30. The van der Waals surface area contributed by atoms with Crippen molar-refractivity contribution < 1.29 is 0 Å². The molecule has 1 aromatic carbocycles. The number of nitrogens with one attached hydrogen (secondary N) is 1. The van der Waals surface area contributed by atoms with Crippen LogP contribution in [0.15, 0.2) is 24.3 Å². The fourth-order valence-electron chi connectivity index (χ4n) is 2.03. The van der Waals surface area contributed by atoms with Crippen LogP contribution in [0, 0.1) is 5.92 Å². The molecule has 0 spiro atoms. The van der Waals surface area contributed by atoms with Gasteiger partial charge in [-0.25, -0.2) is 0 Å². The lowest BCUT2D eigenvalue weighted by atomic mass is 10.1. The van der Waals surface area contributed by atoms with Crippen molar-refractivity contribution >= 4 is 5.69 Å². The number of benzene rings is 1. The zero-order valence-electron chi connectivity index (χ0n) is 9.79. The van der Waals surface area contributed by atoms with Crippen LogP contribution in [0.1, 0.15) is 38.7 Å². The summed E-state index contributed by atoms with van der Waals surface area (Å²) in [5.74, 6) is 0.917. The molecule has 0 radical (unpaired) electrons. The van der Waals surface area contributed by atoms with Gasteiger partial charge in [0.1, 0.15) is 0 Å². The van der Waals surface area contributed by atoms with E-state index in [1.54, 1.807) is 0 Å². The molecule has 1 nitrogen and oxygen atoms in total. The molecule has 1 saturated carbocycles. The highest BCUT2D eigenvalue weighted by atomic mass is 14.9. The van der Waals surface area contributed by atoms with Gasteiger partial charge in [0.25, 0.3) is 0 Å². The maximum absolute atomic E-state index is 3.57. The number of aryl methyl sites for hydroxylation is 1. The Morgan fingerprint density at radius 3 is 2.47 bits per heavy atom. The van der Waals surface area contributed by atoms with Crippen LogP contribution in [0.3, 0.4) is 0 Å². The number of hydrogen-bond acceptors (Lipinski definition) is 1. The molecule has 0 aromatic heterocycles. The first-order valence-corrected chi connectivity index (χ1v) is 6.15. The van der Waals surface area contributed by atoms with E-state index >= 15 is 0 Å². The second kappa shape index (κ2) is 4.69. The molecule has 0 saturated heterocycles. The van der Waals surface area contributed by atoms with Crippen molar-refractivity contribution in [1.82, 2.24) is 0 Å². The van der Waals surface area contributed by atoms with E-state index in [2.05, 4.69) is 43.4 Å². The predicted molar refractivity (Wildman–Crippen MR) is 66.2 cm³/mol. The molecule has 0 amide bonds. The maximum Gasteiger partial charge on any atom is 0.0342 e. The molecule has 0 heterocycles. The van der Waals surface area contributed by atoms with E-state index in [1.807, 2.05) is 0 Å². The van der Waals surface area contributed by atoms with Gasteiger partial charge in [-0.3, -0.25) is 0 Å². The van der Waals surface area contributed by atoms with Crippen molar-refractivity contribution in [1.29, 1.82) is 0 Å². The molecule has 82 valence electrons. The second-order valence-electron chi connectivity index (χ2n) is 4.72. The summed E-state index contributed by atoms with van der Waals surface area (Å²) >= 11 is 0. The molecule has 1 aliphatic rings.